The number of hydrogen-bond donors (Lipinski definition) is 3. The highest BCUT2D eigenvalue weighted by Gasteiger charge is 2.43. The number of aromatic nitrogens is 2. The molecule has 38 heavy (non-hydrogen) atoms. The summed E-state index contributed by atoms with van der Waals surface area (Å²) in [7, 11) is 0. The Balaban J connectivity index is 1.59. The van der Waals surface area contributed by atoms with Crippen LogP contribution in [0.5, 0.6) is 5.88 Å². The van der Waals surface area contributed by atoms with Crippen molar-refractivity contribution >= 4 is 23.5 Å². The number of carbonyl (C=O) groups excluding carboxylic acids is 1. The number of rotatable bonds is 6. The van der Waals surface area contributed by atoms with E-state index in [-0.39, 0.29) is 22.9 Å². The van der Waals surface area contributed by atoms with Gasteiger partial charge in [-0.3, -0.25) is 4.79 Å². The summed E-state index contributed by atoms with van der Waals surface area (Å²) in [6.45, 7) is 0. The molecule has 0 saturated carbocycles. The number of halogens is 4. The lowest BCUT2D eigenvalue weighted by Crippen LogP contribution is -2.26. The van der Waals surface area contributed by atoms with Crippen molar-refractivity contribution in [1.29, 1.82) is 0 Å². The normalized spacial score (nSPS) is 12.0. The second-order valence-corrected chi connectivity index (χ2v) is 7.96. The Morgan fingerprint density at radius 3 is 2.16 bits per heavy atom. The summed E-state index contributed by atoms with van der Waals surface area (Å²) < 4.78 is 60.7. The van der Waals surface area contributed by atoms with Crippen molar-refractivity contribution in [3.05, 3.63) is 90.2 Å². The number of nitrogens with one attached hydrogen (secondary N) is 1. The fraction of sp³-hybridized carbons (Fsp3) is 0.0769. The zero-order valence-electron chi connectivity index (χ0n) is 19.2. The van der Waals surface area contributed by atoms with Crippen LogP contribution in [0.15, 0.2) is 78.9 Å². The number of ether oxygens (including phenoxy) is 1. The smallest absolute Gasteiger partial charge is 0.429 e. The van der Waals surface area contributed by atoms with Gasteiger partial charge in [-0.15, -0.1) is 0 Å². The third-order valence-corrected chi connectivity index (χ3v) is 5.26. The second-order valence-electron chi connectivity index (χ2n) is 7.96. The number of nitrogens with two attached hydrogens (primary N) is 1. The van der Waals surface area contributed by atoms with Gasteiger partial charge in [0.2, 0.25) is 17.9 Å². The van der Waals surface area contributed by atoms with E-state index >= 15 is 0 Å². The van der Waals surface area contributed by atoms with Crippen LogP contribution >= 0.6 is 0 Å². The molecule has 0 fully saturated rings. The Morgan fingerprint density at radius 2 is 1.55 bits per heavy atom. The van der Waals surface area contributed by atoms with Crippen LogP contribution in [-0.4, -0.2) is 33.1 Å². The molecule has 0 bridgehead atoms. The van der Waals surface area contributed by atoms with Crippen LogP contribution in [0.3, 0.4) is 0 Å². The van der Waals surface area contributed by atoms with E-state index < -0.39 is 35.9 Å². The van der Waals surface area contributed by atoms with Gasteiger partial charge in [0.05, 0.1) is 5.69 Å². The third-order valence-electron chi connectivity index (χ3n) is 5.26. The van der Waals surface area contributed by atoms with Gasteiger partial charge in [0.25, 0.3) is 0 Å². The molecule has 4 N–H and O–H groups in total. The Morgan fingerprint density at radius 1 is 0.895 bits per heavy atom. The van der Waals surface area contributed by atoms with Crippen LogP contribution in [0, 0.1) is 5.82 Å². The quantitative estimate of drug-likeness (QED) is 0.232. The van der Waals surface area contributed by atoms with Gasteiger partial charge in [-0.2, -0.15) is 18.2 Å². The summed E-state index contributed by atoms with van der Waals surface area (Å²) in [5, 5.41) is 10.8. The molecule has 1 amide bonds. The molecule has 12 heteroatoms. The molecule has 1 unspecified atom stereocenters. The number of aliphatic carboxylic acids is 1. The predicted octanol–water partition coefficient (Wildman–Crippen LogP) is 5.24. The lowest BCUT2D eigenvalue weighted by atomic mass is 10.0. The van der Waals surface area contributed by atoms with Crippen molar-refractivity contribution in [3.63, 3.8) is 0 Å². The zero-order valence-corrected chi connectivity index (χ0v) is 19.2. The molecule has 0 spiro atoms. The Labute approximate surface area is 212 Å². The van der Waals surface area contributed by atoms with Crippen LogP contribution in [0.25, 0.3) is 22.4 Å². The Bertz CT molecular complexity index is 1480. The summed E-state index contributed by atoms with van der Waals surface area (Å²) in [4.78, 5) is 29.7. The highest BCUT2D eigenvalue weighted by Crippen LogP contribution is 2.38. The van der Waals surface area contributed by atoms with Crippen molar-refractivity contribution < 1.29 is 37.0 Å². The van der Waals surface area contributed by atoms with Gasteiger partial charge in [-0.05, 0) is 35.4 Å². The van der Waals surface area contributed by atoms with Crippen molar-refractivity contribution in [2.75, 3.05) is 11.1 Å². The molecule has 8 nitrogen and oxygen atoms in total. The number of benzene rings is 3. The first kappa shape index (κ1) is 26.1. The molecule has 0 aliphatic carbocycles. The van der Waals surface area contributed by atoms with Gasteiger partial charge in [-0.1, -0.05) is 48.5 Å². The zero-order chi connectivity index (χ0) is 27.4. The number of carboxylic acids is 1. The summed E-state index contributed by atoms with van der Waals surface area (Å²) in [6.07, 6.45) is -7.20. The summed E-state index contributed by atoms with van der Waals surface area (Å²) in [5.41, 5.74) is 7.22. The van der Waals surface area contributed by atoms with Crippen LogP contribution < -0.4 is 15.8 Å². The molecule has 0 aliphatic rings. The van der Waals surface area contributed by atoms with E-state index in [9.17, 15) is 27.2 Å². The maximum absolute atomic E-state index is 14.0. The van der Waals surface area contributed by atoms with Crippen molar-refractivity contribution in [2.45, 2.75) is 12.3 Å². The molecule has 1 heterocycles. The molecule has 3 aromatic carbocycles. The van der Waals surface area contributed by atoms with E-state index in [4.69, 9.17) is 15.6 Å². The van der Waals surface area contributed by atoms with E-state index in [1.54, 1.807) is 6.07 Å². The van der Waals surface area contributed by atoms with Crippen molar-refractivity contribution in [3.8, 4) is 28.3 Å². The monoisotopic (exact) mass is 526 g/mol. The molecule has 4 aromatic rings. The average Bonchev–Trinajstić information content (AvgIpc) is 2.87. The van der Waals surface area contributed by atoms with Gasteiger partial charge in [0.1, 0.15) is 5.82 Å². The van der Waals surface area contributed by atoms with E-state index in [0.717, 1.165) is 0 Å². The minimum Gasteiger partial charge on any atom is -0.474 e. The van der Waals surface area contributed by atoms with Gasteiger partial charge >= 0.3 is 18.1 Å². The van der Waals surface area contributed by atoms with Crippen molar-refractivity contribution in [2.24, 2.45) is 0 Å². The number of carbonyl (C=O) groups is 2. The van der Waals surface area contributed by atoms with Gasteiger partial charge in [-0.25, -0.2) is 14.2 Å². The van der Waals surface area contributed by atoms with E-state index in [2.05, 4.69) is 15.3 Å². The van der Waals surface area contributed by atoms with Gasteiger partial charge in [0.15, 0.2) is 0 Å². The minimum absolute atomic E-state index is 0.131. The van der Waals surface area contributed by atoms with Crippen LogP contribution in [0.2, 0.25) is 0 Å². The number of amides is 1. The molecule has 194 valence electrons. The SMILES string of the molecule is Nc1nc(OC(c2ccc(-c3cccc(F)c3)cc2)C(F)(F)F)cc(-c2ccc(NC(=O)C(=O)O)cc2)n1. The fourth-order valence-electron chi connectivity index (χ4n) is 3.52. The van der Waals surface area contributed by atoms with Gasteiger partial charge < -0.3 is 20.9 Å². The third kappa shape index (κ3) is 6.22. The lowest BCUT2D eigenvalue weighted by molar-refractivity contribution is -0.198. The van der Waals surface area contributed by atoms with Gasteiger partial charge in [0, 0.05) is 22.9 Å². The Kier molecular flexibility index (Phi) is 7.24. The average molecular weight is 526 g/mol. The highest BCUT2D eigenvalue weighted by atomic mass is 19.4. The largest absolute Gasteiger partial charge is 0.474 e. The summed E-state index contributed by atoms with van der Waals surface area (Å²) >= 11 is 0. The standard InChI is InChI=1S/C26H18F4N4O4/c27-18-3-1-2-17(12-18)14-4-6-16(7-5-14)22(26(28,29)30)38-21-13-20(33-25(31)34-21)15-8-10-19(11-9-15)32-23(35)24(36)37/h1-13,22H,(H,32,35)(H,36,37)(H2,31,33,34). The van der Waals surface area contributed by atoms with Crippen LogP contribution in [0.1, 0.15) is 11.7 Å². The maximum Gasteiger partial charge on any atom is 0.429 e. The number of nitrogen functional groups attached to an aromatic ring is 1. The minimum atomic E-state index is -4.82. The second kappa shape index (κ2) is 10.5. The fourth-order valence-corrected chi connectivity index (χ4v) is 3.52. The number of carboxylic acid groups (broad SMARTS) is 1. The van der Waals surface area contributed by atoms with E-state index in [1.165, 1.54) is 72.8 Å². The number of hydrogen-bond acceptors (Lipinski definition) is 6. The predicted molar refractivity (Wildman–Crippen MR) is 129 cm³/mol. The first-order valence-electron chi connectivity index (χ1n) is 10.9. The number of anilines is 2. The topological polar surface area (TPSA) is 127 Å². The summed E-state index contributed by atoms with van der Waals surface area (Å²) in [6, 6.07) is 17.8. The van der Waals surface area contributed by atoms with E-state index in [1.807, 2.05) is 0 Å². The molecule has 0 aliphatic heterocycles. The number of nitrogens with zero attached hydrogens (tertiary/aromatic N) is 2. The summed E-state index contributed by atoms with van der Waals surface area (Å²) in [5.74, 6) is -4.15. The first-order valence-corrected chi connectivity index (χ1v) is 10.9. The highest BCUT2D eigenvalue weighted by molar-refractivity contribution is 6.36. The van der Waals surface area contributed by atoms with Crippen LogP contribution in [0.4, 0.5) is 29.2 Å². The molecular formula is C26H18F4N4O4. The molecule has 0 saturated heterocycles. The van der Waals surface area contributed by atoms with Crippen LogP contribution in [-0.2, 0) is 9.59 Å². The Hall–Kier alpha value is -5.00. The molecule has 0 radical (unpaired) electrons. The molecule has 1 aromatic heterocycles. The first-order chi connectivity index (χ1) is 18.0. The van der Waals surface area contributed by atoms with Crippen molar-refractivity contribution in [1.82, 2.24) is 9.97 Å². The van der Waals surface area contributed by atoms with E-state index in [0.29, 0.717) is 16.7 Å². The number of alkyl halides is 3. The maximum atomic E-state index is 14.0. The molecule has 1 atom stereocenters. The molecular weight excluding hydrogens is 508 g/mol. The molecule has 4 rings (SSSR count). The lowest BCUT2D eigenvalue weighted by Gasteiger charge is -2.22.